The van der Waals surface area contributed by atoms with Crippen molar-refractivity contribution in [2.45, 2.75) is 20.4 Å². The standard InChI is InChI=1S/C19H17BrN2O/c1-13-3-6-16(11-14(13)2)18-9-10-19(23)22(21-18)12-15-4-7-17(20)8-5-15/h3-11H,12H2,1-2H3. The van der Waals surface area contributed by atoms with Gasteiger partial charge in [-0.2, -0.15) is 5.10 Å². The highest BCUT2D eigenvalue weighted by atomic mass is 79.9. The zero-order valence-corrected chi connectivity index (χ0v) is 14.7. The summed E-state index contributed by atoms with van der Waals surface area (Å²) in [5.74, 6) is 0. The lowest BCUT2D eigenvalue weighted by Gasteiger charge is -2.09. The third kappa shape index (κ3) is 3.59. The van der Waals surface area contributed by atoms with Gasteiger partial charge in [-0.15, -0.1) is 0 Å². The van der Waals surface area contributed by atoms with Crippen LogP contribution in [0.3, 0.4) is 0 Å². The van der Waals surface area contributed by atoms with Crippen LogP contribution >= 0.6 is 15.9 Å². The second-order valence-electron chi connectivity index (χ2n) is 5.64. The summed E-state index contributed by atoms with van der Waals surface area (Å²) in [5.41, 5.74) is 5.25. The zero-order chi connectivity index (χ0) is 16.4. The highest BCUT2D eigenvalue weighted by molar-refractivity contribution is 9.10. The van der Waals surface area contributed by atoms with Gasteiger partial charge in [-0.25, -0.2) is 4.68 Å². The molecule has 0 saturated carbocycles. The minimum atomic E-state index is -0.0968. The fraction of sp³-hybridized carbons (Fsp3) is 0.158. The first-order valence-electron chi connectivity index (χ1n) is 7.43. The van der Waals surface area contributed by atoms with Gasteiger partial charge in [0.05, 0.1) is 12.2 Å². The first-order chi connectivity index (χ1) is 11.0. The van der Waals surface area contributed by atoms with Crippen LogP contribution in [0.5, 0.6) is 0 Å². The van der Waals surface area contributed by atoms with Crippen LogP contribution in [0.1, 0.15) is 16.7 Å². The average molecular weight is 369 g/mol. The average Bonchev–Trinajstić information content (AvgIpc) is 2.54. The lowest BCUT2D eigenvalue weighted by Crippen LogP contribution is -2.22. The van der Waals surface area contributed by atoms with Crippen molar-refractivity contribution in [3.05, 3.63) is 86.1 Å². The Kier molecular flexibility index (Phi) is 4.44. The van der Waals surface area contributed by atoms with E-state index in [9.17, 15) is 4.79 Å². The second kappa shape index (κ2) is 6.50. The van der Waals surface area contributed by atoms with E-state index >= 15 is 0 Å². The molecule has 0 amide bonds. The van der Waals surface area contributed by atoms with Crippen molar-refractivity contribution in [3.8, 4) is 11.3 Å². The molecule has 3 nitrogen and oxygen atoms in total. The van der Waals surface area contributed by atoms with E-state index in [-0.39, 0.29) is 5.56 Å². The van der Waals surface area contributed by atoms with Gasteiger partial charge in [-0.05, 0) is 54.8 Å². The lowest BCUT2D eigenvalue weighted by atomic mass is 10.0. The maximum atomic E-state index is 12.1. The van der Waals surface area contributed by atoms with Gasteiger partial charge < -0.3 is 0 Å². The van der Waals surface area contributed by atoms with Gasteiger partial charge in [0, 0.05) is 16.1 Å². The molecular formula is C19H17BrN2O. The van der Waals surface area contributed by atoms with E-state index in [1.807, 2.05) is 30.3 Å². The Morgan fingerprint density at radius 1 is 0.957 bits per heavy atom. The van der Waals surface area contributed by atoms with Gasteiger partial charge in [0.2, 0.25) is 0 Å². The molecule has 0 aliphatic heterocycles. The third-order valence-corrected chi connectivity index (χ3v) is 4.44. The molecule has 2 aromatic carbocycles. The Labute approximate surface area is 143 Å². The molecule has 1 aromatic heterocycles. The summed E-state index contributed by atoms with van der Waals surface area (Å²) in [5, 5.41) is 4.52. The van der Waals surface area contributed by atoms with Crippen molar-refractivity contribution >= 4 is 15.9 Å². The number of aryl methyl sites for hydroxylation is 2. The second-order valence-corrected chi connectivity index (χ2v) is 6.56. The lowest BCUT2D eigenvalue weighted by molar-refractivity contribution is 0.642. The van der Waals surface area contributed by atoms with Gasteiger partial charge in [0.1, 0.15) is 0 Å². The van der Waals surface area contributed by atoms with Crippen LogP contribution < -0.4 is 5.56 Å². The van der Waals surface area contributed by atoms with Gasteiger partial charge >= 0.3 is 0 Å². The van der Waals surface area contributed by atoms with Crippen molar-refractivity contribution < 1.29 is 0 Å². The minimum Gasteiger partial charge on any atom is -0.268 e. The van der Waals surface area contributed by atoms with Crippen molar-refractivity contribution in [1.29, 1.82) is 0 Å². The molecule has 0 spiro atoms. The Morgan fingerprint density at radius 3 is 2.39 bits per heavy atom. The Balaban J connectivity index is 1.97. The fourth-order valence-electron chi connectivity index (χ4n) is 2.38. The normalized spacial score (nSPS) is 10.7. The SMILES string of the molecule is Cc1ccc(-c2ccc(=O)n(Cc3ccc(Br)cc3)n2)cc1C. The number of nitrogens with zero attached hydrogens (tertiary/aromatic N) is 2. The largest absolute Gasteiger partial charge is 0.268 e. The number of hydrogen-bond donors (Lipinski definition) is 0. The van der Waals surface area contributed by atoms with Crippen LogP contribution in [-0.2, 0) is 6.54 Å². The molecule has 116 valence electrons. The first kappa shape index (κ1) is 15.7. The highest BCUT2D eigenvalue weighted by Gasteiger charge is 2.05. The van der Waals surface area contributed by atoms with Crippen LogP contribution in [0.4, 0.5) is 0 Å². The molecule has 1 heterocycles. The molecule has 4 heteroatoms. The summed E-state index contributed by atoms with van der Waals surface area (Å²) >= 11 is 3.42. The van der Waals surface area contributed by atoms with E-state index in [2.05, 4.69) is 47.0 Å². The molecule has 0 bridgehead atoms. The molecule has 0 radical (unpaired) electrons. The smallest absolute Gasteiger partial charge is 0.267 e. The molecule has 0 N–H and O–H groups in total. The van der Waals surface area contributed by atoms with E-state index in [0.29, 0.717) is 6.54 Å². The van der Waals surface area contributed by atoms with Gasteiger partial charge in [-0.1, -0.05) is 40.2 Å². The zero-order valence-electron chi connectivity index (χ0n) is 13.1. The molecule has 0 saturated heterocycles. The summed E-state index contributed by atoms with van der Waals surface area (Å²) in [7, 11) is 0. The van der Waals surface area contributed by atoms with E-state index in [1.165, 1.54) is 15.8 Å². The summed E-state index contributed by atoms with van der Waals surface area (Å²) in [6, 6.07) is 17.5. The molecule has 0 unspecified atom stereocenters. The number of aromatic nitrogens is 2. The van der Waals surface area contributed by atoms with Crippen LogP contribution in [0.15, 0.2) is 63.9 Å². The third-order valence-electron chi connectivity index (χ3n) is 3.91. The molecule has 3 rings (SSSR count). The van der Waals surface area contributed by atoms with E-state index in [0.717, 1.165) is 21.3 Å². The number of rotatable bonds is 3. The van der Waals surface area contributed by atoms with Crippen molar-refractivity contribution in [2.75, 3.05) is 0 Å². The minimum absolute atomic E-state index is 0.0968. The van der Waals surface area contributed by atoms with E-state index in [1.54, 1.807) is 12.1 Å². The molecule has 23 heavy (non-hydrogen) atoms. The number of benzene rings is 2. The van der Waals surface area contributed by atoms with Gasteiger partial charge in [-0.3, -0.25) is 4.79 Å². The van der Waals surface area contributed by atoms with E-state index in [4.69, 9.17) is 0 Å². The Bertz CT molecular complexity index is 898. The molecule has 0 atom stereocenters. The van der Waals surface area contributed by atoms with Crippen molar-refractivity contribution in [1.82, 2.24) is 9.78 Å². The Hall–Kier alpha value is -2.20. The quantitative estimate of drug-likeness (QED) is 0.689. The van der Waals surface area contributed by atoms with Crippen LogP contribution in [0, 0.1) is 13.8 Å². The first-order valence-corrected chi connectivity index (χ1v) is 8.22. The van der Waals surface area contributed by atoms with Crippen molar-refractivity contribution in [2.24, 2.45) is 0 Å². The number of hydrogen-bond acceptors (Lipinski definition) is 2. The van der Waals surface area contributed by atoms with Gasteiger partial charge in [0.25, 0.3) is 5.56 Å². The molecule has 0 aliphatic rings. The summed E-state index contributed by atoms with van der Waals surface area (Å²) in [6.07, 6.45) is 0. The van der Waals surface area contributed by atoms with Crippen molar-refractivity contribution in [3.63, 3.8) is 0 Å². The Morgan fingerprint density at radius 2 is 1.70 bits per heavy atom. The summed E-state index contributed by atoms with van der Waals surface area (Å²) in [6.45, 7) is 4.63. The van der Waals surface area contributed by atoms with Crippen LogP contribution in [0.2, 0.25) is 0 Å². The summed E-state index contributed by atoms with van der Waals surface area (Å²) < 4.78 is 2.53. The fourth-order valence-corrected chi connectivity index (χ4v) is 2.64. The van der Waals surface area contributed by atoms with Crippen LogP contribution in [-0.4, -0.2) is 9.78 Å². The predicted molar refractivity (Wildman–Crippen MR) is 96.7 cm³/mol. The van der Waals surface area contributed by atoms with Crippen LogP contribution in [0.25, 0.3) is 11.3 Å². The topological polar surface area (TPSA) is 34.9 Å². The molecule has 3 aromatic rings. The predicted octanol–water partition coefficient (Wildman–Crippen LogP) is 4.34. The monoisotopic (exact) mass is 368 g/mol. The molecular weight excluding hydrogens is 352 g/mol. The molecule has 0 aliphatic carbocycles. The summed E-state index contributed by atoms with van der Waals surface area (Å²) in [4.78, 5) is 12.1. The van der Waals surface area contributed by atoms with Gasteiger partial charge in [0.15, 0.2) is 0 Å². The number of halogens is 1. The molecule has 0 fully saturated rings. The maximum Gasteiger partial charge on any atom is 0.267 e. The van der Waals surface area contributed by atoms with E-state index < -0.39 is 0 Å². The highest BCUT2D eigenvalue weighted by Crippen LogP contribution is 2.19. The maximum absolute atomic E-state index is 12.1.